The van der Waals surface area contributed by atoms with E-state index in [-0.39, 0.29) is 5.56 Å². The van der Waals surface area contributed by atoms with Crippen molar-refractivity contribution in [2.45, 2.75) is 44.6 Å². The Morgan fingerprint density at radius 2 is 1.87 bits per heavy atom. The number of benzene rings is 2. The van der Waals surface area contributed by atoms with Crippen LogP contribution in [0.4, 0.5) is 0 Å². The Labute approximate surface area is 190 Å². The lowest BCUT2D eigenvalue weighted by molar-refractivity contribution is 0.659. The minimum Gasteiger partial charge on any atom is -0.283 e. The third-order valence-electron chi connectivity index (χ3n) is 5.39. The second-order valence-corrected chi connectivity index (χ2v) is 9.54. The van der Waals surface area contributed by atoms with Gasteiger partial charge in [-0.1, -0.05) is 66.7 Å². The third-order valence-corrected chi connectivity index (χ3v) is 7.75. The second kappa shape index (κ2) is 9.09. The Hall–Kier alpha value is -2.88. The van der Waals surface area contributed by atoms with Crippen LogP contribution in [-0.4, -0.2) is 9.55 Å². The highest BCUT2D eigenvalue weighted by Crippen LogP contribution is 2.31. The fraction of sp³-hybridized carbons (Fsp3) is 0.240. The predicted octanol–water partition coefficient (Wildman–Crippen LogP) is 5.85. The number of hydrogen-bond donors (Lipinski definition) is 0. The highest BCUT2D eigenvalue weighted by Gasteiger charge is 2.18. The zero-order valence-electron chi connectivity index (χ0n) is 17.8. The van der Waals surface area contributed by atoms with Crippen molar-refractivity contribution in [1.82, 2.24) is 9.55 Å². The summed E-state index contributed by atoms with van der Waals surface area (Å²) in [5, 5.41) is 10.8. The maximum absolute atomic E-state index is 13.6. The number of rotatable bonds is 6. The molecule has 0 aliphatic carbocycles. The molecule has 0 spiro atoms. The van der Waals surface area contributed by atoms with E-state index in [1.807, 2.05) is 31.2 Å². The largest absolute Gasteiger partial charge is 0.283 e. The molecular weight excluding hydrogens is 422 g/mol. The Morgan fingerprint density at radius 3 is 2.58 bits per heavy atom. The lowest BCUT2D eigenvalue weighted by atomic mass is 10.1. The number of thioether (sulfide) groups is 1. The van der Waals surface area contributed by atoms with E-state index in [0.29, 0.717) is 23.0 Å². The average Bonchev–Trinajstić information content (AvgIpc) is 3.11. The van der Waals surface area contributed by atoms with Gasteiger partial charge in [0, 0.05) is 10.6 Å². The molecule has 2 heterocycles. The number of thiophene rings is 1. The predicted molar refractivity (Wildman–Crippen MR) is 129 cm³/mol. The van der Waals surface area contributed by atoms with Gasteiger partial charge in [-0.05, 0) is 43.0 Å². The molecule has 0 N–H and O–H groups in total. The fourth-order valence-electron chi connectivity index (χ4n) is 3.60. The smallest absolute Gasteiger partial charge is 0.263 e. The first-order valence-electron chi connectivity index (χ1n) is 10.2. The highest BCUT2D eigenvalue weighted by atomic mass is 32.2. The van der Waals surface area contributed by atoms with Gasteiger partial charge in [0.15, 0.2) is 5.16 Å². The van der Waals surface area contributed by atoms with E-state index in [1.165, 1.54) is 22.2 Å². The molecule has 4 nitrogen and oxygen atoms in total. The monoisotopic (exact) mass is 445 g/mol. The molecule has 4 aromatic rings. The Morgan fingerprint density at radius 1 is 1.13 bits per heavy atom. The van der Waals surface area contributed by atoms with Crippen molar-refractivity contribution in [1.29, 1.82) is 5.26 Å². The number of hydrogen-bond acceptors (Lipinski definition) is 5. The standard InChI is InChI=1S/C25H23N3OS2/c1-4-21-17(3)22-23(31-21)27-25(30-15-20-8-6-5-7-19(20)13-26)28(24(22)29)14-18-11-9-16(2)10-12-18/h5-12H,4,14-15H2,1-3H3. The summed E-state index contributed by atoms with van der Waals surface area (Å²) in [4.78, 5) is 20.5. The van der Waals surface area contributed by atoms with Gasteiger partial charge < -0.3 is 0 Å². The molecule has 0 aliphatic heterocycles. The molecule has 156 valence electrons. The van der Waals surface area contributed by atoms with Crippen LogP contribution in [0.5, 0.6) is 0 Å². The van der Waals surface area contributed by atoms with Crippen molar-refractivity contribution in [3.8, 4) is 6.07 Å². The van der Waals surface area contributed by atoms with Gasteiger partial charge >= 0.3 is 0 Å². The Kier molecular flexibility index (Phi) is 6.26. The summed E-state index contributed by atoms with van der Waals surface area (Å²) >= 11 is 3.12. The van der Waals surface area contributed by atoms with Crippen LogP contribution in [0.2, 0.25) is 0 Å². The van der Waals surface area contributed by atoms with Crippen LogP contribution in [0.25, 0.3) is 10.2 Å². The van der Waals surface area contributed by atoms with Gasteiger partial charge in [0.05, 0.1) is 23.6 Å². The van der Waals surface area contributed by atoms with E-state index in [0.717, 1.165) is 33.3 Å². The zero-order chi connectivity index (χ0) is 22.0. The molecule has 6 heteroatoms. The molecule has 0 fully saturated rings. The van der Waals surface area contributed by atoms with E-state index in [4.69, 9.17) is 4.98 Å². The van der Waals surface area contributed by atoms with Gasteiger partial charge in [0.2, 0.25) is 0 Å². The minimum absolute atomic E-state index is 0.00935. The van der Waals surface area contributed by atoms with E-state index in [1.54, 1.807) is 15.9 Å². The molecule has 0 saturated carbocycles. The summed E-state index contributed by atoms with van der Waals surface area (Å²) in [5.41, 5.74) is 4.91. The Balaban J connectivity index is 1.80. The normalized spacial score (nSPS) is 11.0. The van der Waals surface area contributed by atoms with Crippen LogP contribution in [0.1, 0.15) is 39.6 Å². The van der Waals surface area contributed by atoms with E-state index in [2.05, 4.69) is 44.2 Å². The first-order chi connectivity index (χ1) is 15.0. The van der Waals surface area contributed by atoms with Gasteiger partial charge in [-0.25, -0.2) is 4.98 Å². The summed E-state index contributed by atoms with van der Waals surface area (Å²) in [6.45, 7) is 6.66. The fourth-order valence-corrected chi connectivity index (χ4v) is 5.77. The average molecular weight is 446 g/mol. The second-order valence-electron chi connectivity index (χ2n) is 7.51. The summed E-state index contributed by atoms with van der Waals surface area (Å²) in [6.07, 6.45) is 0.891. The zero-order valence-corrected chi connectivity index (χ0v) is 19.4. The first kappa shape index (κ1) is 21.4. The number of nitriles is 1. The van der Waals surface area contributed by atoms with Crippen molar-refractivity contribution in [2.75, 3.05) is 0 Å². The highest BCUT2D eigenvalue weighted by molar-refractivity contribution is 7.98. The van der Waals surface area contributed by atoms with Gasteiger partial charge in [-0.15, -0.1) is 11.3 Å². The van der Waals surface area contributed by atoms with Gasteiger partial charge in [0.1, 0.15) is 4.83 Å². The SMILES string of the molecule is CCc1sc2nc(SCc3ccccc3C#N)n(Cc3ccc(C)cc3)c(=O)c2c1C. The lowest BCUT2D eigenvalue weighted by Gasteiger charge is -2.13. The quantitative estimate of drug-likeness (QED) is 0.276. The first-order valence-corrected chi connectivity index (χ1v) is 12.0. The molecular formula is C25H23N3OS2. The molecule has 0 amide bonds. The summed E-state index contributed by atoms with van der Waals surface area (Å²) in [5.74, 6) is 0.584. The molecule has 0 bridgehead atoms. The molecule has 2 aromatic carbocycles. The molecule has 0 radical (unpaired) electrons. The molecule has 0 atom stereocenters. The van der Waals surface area contributed by atoms with Crippen molar-refractivity contribution < 1.29 is 0 Å². The van der Waals surface area contributed by atoms with Crippen molar-refractivity contribution in [2.24, 2.45) is 0 Å². The van der Waals surface area contributed by atoms with E-state index >= 15 is 0 Å². The molecule has 0 unspecified atom stereocenters. The maximum Gasteiger partial charge on any atom is 0.263 e. The summed E-state index contributed by atoms with van der Waals surface area (Å²) in [7, 11) is 0. The molecule has 2 aromatic heterocycles. The molecule has 0 saturated heterocycles. The number of fused-ring (bicyclic) bond motifs is 1. The van der Waals surface area contributed by atoms with Crippen LogP contribution in [-0.2, 0) is 18.7 Å². The van der Waals surface area contributed by atoms with Gasteiger partial charge in [-0.2, -0.15) is 5.26 Å². The van der Waals surface area contributed by atoms with Crippen molar-refractivity contribution in [3.63, 3.8) is 0 Å². The number of aromatic nitrogens is 2. The third kappa shape index (κ3) is 4.30. The van der Waals surface area contributed by atoms with Gasteiger partial charge in [-0.3, -0.25) is 9.36 Å². The molecule has 31 heavy (non-hydrogen) atoms. The topological polar surface area (TPSA) is 58.7 Å². The van der Waals surface area contributed by atoms with Crippen LogP contribution < -0.4 is 5.56 Å². The minimum atomic E-state index is 0.00935. The van der Waals surface area contributed by atoms with E-state index in [9.17, 15) is 10.1 Å². The molecule has 4 rings (SSSR count). The van der Waals surface area contributed by atoms with Crippen LogP contribution in [0.3, 0.4) is 0 Å². The van der Waals surface area contributed by atoms with Crippen LogP contribution in [0.15, 0.2) is 58.5 Å². The number of nitrogens with zero attached hydrogens (tertiary/aromatic N) is 3. The van der Waals surface area contributed by atoms with Crippen molar-refractivity contribution >= 4 is 33.3 Å². The van der Waals surface area contributed by atoms with Crippen molar-refractivity contribution in [3.05, 3.63) is 91.6 Å². The molecule has 0 aliphatic rings. The number of aryl methyl sites for hydroxylation is 3. The maximum atomic E-state index is 13.6. The Bertz CT molecular complexity index is 1340. The van der Waals surface area contributed by atoms with E-state index < -0.39 is 0 Å². The lowest BCUT2D eigenvalue weighted by Crippen LogP contribution is -2.24. The van der Waals surface area contributed by atoms with Crippen LogP contribution >= 0.6 is 23.1 Å². The van der Waals surface area contributed by atoms with Gasteiger partial charge in [0.25, 0.3) is 5.56 Å². The summed E-state index contributed by atoms with van der Waals surface area (Å²) in [6, 6.07) is 18.1. The van der Waals surface area contributed by atoms with Crippen LogP contribution in [0, 0.1) is 25.2 Å². The summed E-state index contributed by atoms with van der Waals surface area (Å²) < 4.78 is 1.78.